The Hall–Kier alpha value is -2.33. The smallest absolute Gasteiger partial charge is 0.336 e. The lowest BCUT2D eigenvalue weighted by Gasteiger charge is -2.44. The van der Waals surface area contributed by atoms with Gasteiger partial charge in [-0.3, -0.25) is 0 Å². The van der Waals surface area contributed by atoms with Crippen molar-refractivity contribution in [2.45, 2.75) is 52.6 Å². The van der Waals surface area contributed by atoms with Gasteiger partial charge in [0, 0.05) is 17.5 Å². The zero-order valence-corrected chi connectivity index (χ0v) is 17.0. The molecule has 0 amide bonds. The van der Waals surface area contributed by atoms with Crippen LogP contribution in [0.25, 0.3) is 11.0 Å². The zero-order valence-electron chi connectivity index (χ0n) is 17.0. The fourth-order valence-electron chi connectivity index (χ4n) is 4.09. The number of hydrogen-bond donors (Lipinski definition) is 1. The number of hydrogen-bond acceptors (Lipinski definition) is 4. The van der Waals surface area contributed by atoms with Crippen molar-refractivity contribution in [1.82, 2.24) is 0 Å². The molecule has 4 heteroatoms. The number of ether oxygens (including phenoxy) is 1. The summed E-state index contributed by atoms with van der Waals surface area (Å²) in [5.74, 6) is 1.01. The molecule has 1 aromatic heterocycles. The van der Waals surface area contributed by atoms with Gasteiger partial charge in [-0.2, -0.15) is 0 Å². The van der Waals surface area contributed by atoms with Crippen molar-refractivity contribution >= 4 is 11.0 Å². The highest BCUT2D eigenvalue weighted by Gasteiger charge is 2.40. The highest BCUT2D eigenvalue weighted by molar-refractivity contribution is 5.77. The lowest BCUT2D eigenvalue weighted by Crippen LogP contribution is -2.41. The summed E-state index contributed by atoms with van der Waals surface area (Å²) in [6, 6.07) is 8.66. The van der Waals surface area contributed by atoms with Crippen LogP contribution in [-0.4, -0.2) is 17.8 Å². The first-order valence-electron chi connectivity index (χ1n) is 9.95. The Kier molecular flexibility index (Phi) is 6.09. The maximum absolute atomic E-state index is 11.4. The average molecular weight is 383 g/mol. The summed E-state index contributed by atoms with van der Waals surface area (Å²) in [5, 5.41) is 11.2. The predicted molar refractivity (Wildman–Crippen MR) is 113 cm³/mol. The van der Waals surface area contributed by atoms with E-state index in [0.29, 0.717) is 23.9 Å². The van der Waals surface area contributed by atoms with Crippen molar-refractivity contribution in [2.24, 2.45) is 11.3 Å². The molecule has 0 spiro atoms. The lowest BCUT2D eigenvalue weighted by molar-refractivity contribution is -0.00881. The molecule has 3 rings (SSSR count). The van der Waals surface area contributed by atoms with Crippen LogP contribution in [0.1, 0.15) is 46.5 Å². The number of benzene rings is 1. The van der Waals surface area contributed by atoms with Crippen LogP contribution in [0, 0.1) is 11.3 Å². The van der Waals surface area contributed by atoms with Crippen LogP contribution in [0.3, 0.4) is 0 Å². The summed E-state index contributed by atoms with van der Waals surface area (Å²) in [4.78, 5) is 11.4. The van der Waals surface area contributed by atoms with Crippen molar-refractivity contribution < 1.29 is 14.3 Å². The lowest BCUT2D eigenvalue weighted by atomic mass is 9.63. The van der Waals surface area contributed by atoms with E-state index in [1.165, 1.54) is 17.2 Å². The maximum atomic E-state index is 11.4. The topological polar surface area (TPSA) is 59.7 Å². The first-order valence-corrected chi connectivity index (χ1v) is 9.95. The van der Waals surface area contributed by atoms with E-state index in [1.807, 2.05) is 12.1 Å². The van der Waals surface area contributed by atoms with Gasteiger partial charge in [-0.25, -0.2) is 4.79 Å². The Morgan fingerprint density at radius 2 is 2.11 bits per heavy atom. The first kappa shape index (κ1) is 20.4. The molecule has 2 aromatic rings. The van der Waals surface area contributed by atoms with Gasteiger partial charge in [-0.15, -0.1) is 0 Å². The molecule has 0 radical (unpaired) electrons. The molecule has 2 atom stereocenters. The molecule has 0 bridgehead atoms. The molecular formula is C24H30O4. The molecule has 150 valence electrons. The molecule has 1 fully saturated rings. The summed E-state index contributed by atoms with van der Waals surface area (Å²) in [6.45, 7) is 11.1. The number of aliphatic hydroxyl groups excluding tert-OH is 1. The summed E-state index contributed by atoms with van der Waals surface area (Å²) < 4.78 is 11.0. The van der Waals surface area contributed by atoms with E-state index in [4.69, 9.17) is 9.15 Å². The van der Waals surface area contributed by atoms with Gasteiger partial charge in [-0.05, 0) is 68.2 Å². The highest BCUT2D eigenvalue weighted by atomic mass is 16.5. The van der Waals surface area contributed by atoms with Gasteiger partial charge in [-0.1, -0.05) is 31.6 Å². The van der Waals surface area contributed by atoms with Crippen LogP contribution < -0.4 is 10.4 Å². The largest absolute Gasteiger partial charge is 0.489 e. The molecule has 0 unspecified atom stereocenters. The normalized spacial score (nSPS) is 22.4. The van der Waals surface area contributed by atoms with Crippen LogP contribution in [-0.2, 0) is 0 Å². The third-order valence-electron chi connectivity index (χ3n) is 6.09. The quantitative estimate of drug-likeness (QED) is 0.547. The standard InChI is InChI=1S/C24H30O4/c1-16(5-10-20-17(2)6-11-22(25)24(20,3)4)13-14-27-19-9-7-18-8-12-23(26)28-21(18)15-19/h7-9,12-13,15,20,22,25H,2,5-6,10-11,14H2,1,3-4H3/t20-,22-/m1/s1. The third kappa shape index (κ3) is 4.56. The number of rotatable bonds is 6. The average Bonchev–Trinajstić information content (AvgIpc) is 2.64. The zero-order chi connectivity index (χ0) is 20.3. The second-order valence-corrected chi connectivity index (χ2v) is 8.44. The summed E-state index contributed by atoms with van der Waals surface area (Å²) in [6.07, 6.45) is 5.50. The van der Waals surface area contributed by atoms with Gasteiger partial charge < -0.3 is 14.3 Å². The minimum absolute atomic E-state index is 0.124. The van der Waals surface area contributed by atoms with Crippen LogP contribution in [0.2, 0.25) is 0 Å². The van der Waals surface area contributed by atoms with Gasteiger partial charge >= 0.3 is 5.63 Å². The summed E-state index contributed by atoms with van der Waals surface area (Å²) in [7, 11) is 0. The van der Waals surface area contributed by atoms with Crippen molar-refractivity contribution in [2.75, 3.05) is 6.61 Å². The summed E-state index contributed by atoms with van der Waals surface area (Å²) in [5.41, 5.74) is 2.56. The summed E-state index contributed by atoms with van der Waals surface area (Å²) >= 11 is 0. The molecule has 1 aliphatic carbocycles. The predicted octanol–water partition coefficient (Wildman–Crippen LogP) is 5.25. The first-order chi connectivity index (χ1) is 13.3. The van der Waals surface area contributed by atoms with Gasteiger partial charge in [0.05, 0.1) is 6.10 Å². The van der Waals surface area contributed by atoms with Crippen LogP contribution in [0.5, 0.6) is 5.75 Å². The van der Waals surface area contributed by atoms with E-state index in [0.717, 1.165) is 31.1 Å². The van der Waals surface area contributed by atoms with E-state index in [-0.39, 0.29) is 17.1 Å². The van der Waals surface area contributed by atoms with Crippen LogP contribution >= 0.6 is 0 Å². The van der Waals surface area contributed by atoms with E-state index >= 15 is 0 Å². The van der Waals surface area contributed by atoms with Gasteiger partial charge in [0.1, 0.15) is 17.9 Å². The van der Waals surface area contributed by atoms with E-state index in [9.17, 15) is 9.90 Å². The molecule has 1 saturated carbocycles. The molecule has 1 N–H and O–H groups in total. The van der Waals surface area contributed by atoms with Gasteiger partial charge in [0.2, 0.25) is 0 Å². The Balaban J connectivity index is 1.56. The van der Waals surface area contributed by atoms with Crippen molar-refractivity contribution in [1.29, 1.82) is 0 Å². The Morgan fingerprint density at radius 3 is 2.89 bits per heavy atom. The minimum Gasteiger partial charge on any atom is -0.489 e. The maximum Gasteiger partial charge on any atom is 0.336 e. The van der Waals surface area contributed by atoms with E-state index in [2.05, 4.69) is 33.4 Å². The number of allylic oxidation sites excluding steroid dienone is 2. The second kappa shape index (κ2) is 8.36. The van der Waals surface area contributed by atoms with Crippen molar-refractivity contribution in [3.63, 3.8) is 0 Å². The third-order valence-corrected chi connectivity index (χ3v) is 6.09. The molecule has 28 heavy (non-hydrogen) atoms. The molecule has 1 aliphatic rings. The molecule has 4 nitrogen and oxygen atoms in total. The number of aliphatic hydroxyl groups is 1. The molecular weight excluding hydrogens is 352 g/mol. The van der Waals surface area contributed by atoms with E-state index in [1.54, 1.807) is 12.1 Å². The molecule has 1 aromatic carbocycles. The molecule has 0 saturated heterocycles. The SMILES string of the molecule is C=C1CC[C@@H](O)C(C)(C)[C@@H]1CCC(C)=CCOc1ccc2ccc(=O)oc2c1. The van der Waals surface area contributed by atoms with Crippen LogP contribution in [0.15, 0.2) is 63.3 Å². The highest BCUT2D eigenvalue weighted by Crippen LogP contribution is 2.45. The molecule has 0 aliphatic heterocycles. The van der Waals surface area contributed by atoms with Crippen molar-refractivity contribution in [3.05, 3.63) is 64.6 Å². The van der Waals surface area contributed by atoms with Crippen molar-refractivity contribution in [3.8, 4) is 5.75 Å². The monoisotopic (exact) mass is 382 g/mol. The number of fused-ring (bicyclic) bond motifs is 1. The minimum atomic E-state index is -0.363. The van der Waals surface area contributed by atoms with Gasteiger partial charge in [0.25, 0.3) is 0 Å². The molecule has 1 heterocycles. The fraction of sp³-hybridized carbons (Fsp3) is 0.458. The van der Waals surface area contributed by atoms with Crippen LogP contribution in [0.4, 0.5) is 0 Å². The Labute approximate surface area is 166 Å². The van der Waals surface area contributed by atoms with E-state index < -0.39 is 0 Å². The Morgan fingerprint density at radius 1 is 1.36 bits per heavy atom. The van der Waals surface area contributed by atoms with Gasteiger partial charge in [0.15, 0.2) is 0 Å². The fourth-order valence-corrected chi connectivity index (χ4v) is 4.09. The second-order valence-electron chi connectivity index (χ2n) is 8.44. The Bertz CT molecular complexity index is 935.